The van der Waals surface area contributed by atoms with Crippen molar-refractivity contribution in [3.8, 4) is 0 Å². The third-order valence-corrected chi connectivity index (χ3v) is 6.22. The number of unbranched alkanes of at least 4 members (excludes halogenated alkanes) is 1. The van der Waals surface area contributed by atoms with Gasteiger partial charge in [0.25, 0.3) is 0 Å². The third-order valence-electron chi connectivity index (χ3n) is 4.67. The third kappa shape index (κ3) is 3.45. The lowest BCUT2D eigenvalue weighted by atomic mass is 9.84. The van der Waals surface area contributed by atoms with E-state index in [4.69, 9.17) is 5.73 Å². The van der Waals surface area contributed by atoms with Crippen LogP contribution in [-0.2, 0) is 10.0 Å². The smallest absolute Gasteiger partial charge is 0.211 e. The number of rotatable bonds is 7. The molecule has 0 saturated heterocycles. The molecule has 2 rings (SSSR count). The summed E-state index contributed by atoms with van der Waals surface area (Å²) in [5.74, 6) is 2.41. The van der Waals surface area contributed by atoms with Crippen LogP contribution in [0.3, 0.4) is 0 Å². The predicted octanol–water partition coefficient (Wildman–Crippen LogP) is 1.47. The predicted molar refractivity (Wildman–Crippen MR) is 73.6 cm³/mol. The first-order chi connectivity index (χ1) is 8.52. The number of sulfonamides is 1. The van der Waals surface area contributed by atoms with Crippen molar-refractivity contribution >= 4 is 10.0 Å². The summed E-state index contributed by atoms with van der Waals surface area (Å²) in [6.07, 6.45) is 6.64. The van der Waals surface area contributed by atoms with E-state index in [1.54, 1.807) is 0 Å². The van der Waals surface area contributed by atoms with Gasteiger partial charge in [0.1, 0.15) is 0 Å². The van der Waals surface area contributed by atoms with Gasteiger partial charge in [0, 0.05) is 6.04 Å². The van der Waals surface area contributed by atoms with Crippen molar-refractivity contribution in [2.45, 2.75) is 51.5 Å². The van der Waals surface area contributed by atoms with Gasteiger partial charge in [-0.15, -0.1) is 0 Å². The SMILES string of the molecule is CC(NS(=O)(=O)CCCCN)C1CC2CCC1C2. The van der Waals surface area contributed by atoms with Crippen LogP contribution >= 0.6 is 0 Å². The Morgan fingerprint density at radius 2 is 2.06 bits per heavy atom. The van der Waals surface area contributed by atoms with Crippen LogP contribution in [0, 0.1) is 17.8 Å². The van der Waals surface area contributed by atoms with Crippen LogP contribution in [0.15, 0.2) is 0 Å². The lowest BCUT2D eigenvalue weighted by Gasteiger charge is -2.28. The molecule has 2 fully saturated rings. The van der Waals surface area contributed by atoms with Crippen LogP contribution in [0.5, 0.6) is 0 Å². The van der Waals surface area contributed by atoms with E-state index in [1.165, 1.54) is 25.7 Å². The summed E-state index contributed by atoms with van der Waals surface area (Å²) in [7, 11) is -3.11. The van der Waals surface area contributed by atoms with Crippen LogP contribution in [0.2, 0.25) is 0 Å². The maximum atomic E-state index is 11.9. The van der Waals surface area contributed by atoms with Gasteiger partial charge in [0.2, 0.25) is 10.0 Å². The molecule has 4 nitrogen and oxygen atoms in total. The van der Waals surface area contributed by atoms with E-state index in [-0.39, 0.29) is 11.8 Å². The minimum absolute atomic E-state index is 0.100. The van der Waals surface area contributed by atoms with Gasteiger partial charge >= 0.3 is 0 Å². The Morgan fingerprint density at radius 3 is 2.61 bits per heavy atom. The topological polar surface area (TPSA) is 72.2 Å². The largest absolute Gasteiger partial charge is 0.330 e. The fourth-order valence-electron chi connectivity index (χ4n) is 3.77. The molecule has 18 heavy (non-hydrogen) atoms. The van der Waals surface area contributed by atoms with Crippen molar-refractivity contribution in [2.24, 2.45) is 23.5 Å². The highest BCUT2D eigenvalue weighted by atomic mass is 32.2. The van der Waals surface area contributed by atoms with E-state index in [0.29, 0.717) is 18.9 Å². The van der Waals surface area contributed by atoms with Gasteiger partial charge in [-0.05, 0) is 63.3 Å². The highest BCUT2D eigenvalue weighted by molar-refractivity contribution is 7.89. The number of nitrogens with one attached hydrogen (secondary N) is 1. The van der Waals surface area contributed by atoms with E-state index < -0.39 is 10.0 Å². The molecule has 4 atom stereocenters. The Hall–Kier alpha value is -0.130. The zero-order valence-corrected chi connectivity index (χ0v) is 12.1. The maximum Gasteiger partial charge on any atom is 0.211 e. The van der Waals surface area contributed by atoms with Crippen LogP contribution in [0.25, 0.3) is 0 Å². The van der Waals surface area contributed by atoms with Gasteiger partial charge in [-0.3, -0.25) is 0 Å². The average Bonchev–Trinajstić information content (AvgIpc) is 2.90. The van der Waals surface area contributed by atoms with Crippen molar-refractivity contribution < 1.29 is 8.42 Å². The zero-order chi connectivity index (χ0) is 13.2. The molecule has 4 unspecified atom stereocenters. The Labute approximate surface area is 111 Å². The highest BCUT2D eigenvalue weighted by Crippen LogP contribution is 2.49. The van der Waals surface area contributed by atoms with Crippen LogP contribution in [-0.4, -0.2) is 26.8 Å². The second-order valence-electron chi connectivity index (χ2n) is 6.06. The van der Waals surface area contributed by atoms with Gasteiger partial charge in [0.05, 0.1) is 5.75 Å². The lowest BCUT2D eigenvalue weighted by Crippen LogP contribution is -2.41. The average molecular weight is 274 g/mol. The Bertz CT molecular complexity index is 369. The highest BCUT2D eigenvalue weighted by Gasteiger charge is 2.42. The van der Waals surface area contributed by atoms with E-state index in [0.717, 1.165) is 18.3 Å². The molecule has 2 bridgehead atoms. The van der Waals surface area contributed by atoms with Crippen LogP contribution in [0.1, 0.15) is 45.4 Å². The van der Waals surface area contributed by atoms with E-state index >= 15 is 0 Å². The maximum absolute atomic E-state index is 11.9. The van der Waals surface area contributed by atoms with Crippen molar-refractivity contribution in [2.75, 3.05) is 12.3 Å². The summed E-state index contributed by atoms with van der Waals surface area (Å²) >= 11 is 0. The molecule has 0 spiro atoms. The fourth-order valence-corrected chi connectivity index (χ4v) is 5.22. The summed E-state index contributed by atoms with van der Waals surface area (Å²) in [4.78, 5) is 0. The molecular formula is C13H26N2O2S. The van der Waals surface area contributed by atoms with Gasteiger partial charge < -0.3 is 5.73 Å². The standard InChI is InChI=1S/C13H26N2O2S/c1-10(13-9-11-4-5-12(13)8-11)15-18(16,17)7-3-2-6-14/h10-13,15H,2-9,14H2,1H3. The van der Waals surface area contributed by atoms with E-state index in [1.807, 2.05) is 6.92 Å². The van der Waals surface area contributed by atoms with Crippen LogP contribution in [0.4, 0.5) is 0 Å². The first kappa shape index (κ1) is 14.3. The van der Waals surface area contributed by atoms with Crippen molar-refractivity contribution in [3.63, 3.8) is 0 Å². The second-order valence-corrected chi connectivity index (χ2v) is 7.93. The van der Waals surface area contributed by atoms with Gasteiger partial charge in [-0.1, -0.05) is 6.42 Å². The molecule has 0 heterocycles. The van der Waals surface area contributed by atoms with Gasteiger partial charge in [-0.25, -0.2) is 13.1 Å². The van der Waals surface area contributed by atoms with Crippen molar-refractivity contribution in [3.05, 3.63) is 0 Å². The molecule has 106 valence electrons. The van der Waals surface area contributed by atoms with Crippen molar-refractivity contribution in [1.82, 2.24) is 4.72 Å². The molecule has 2 aliphatic rings. The number of hydrogen-bond acceptors (Lipinski definition) is 3. The Morgan fingerprint density at radius 1 is 1.28 bits per heavy atom. The lowest BCUT2D eigenvalue weighted by molar-refractivity contribution is 0.280. The van der Waals surface area contributed by atoms with Gasteiger partial charge in [0.15, 0.2) is 0 Å². The fraction of sp³-hybridized carbons (Fsp3) is 1.00. The Balaban J connectivity index is 1.81. The monoisotopic (exact) mass is 274 g/mol. The zero-order valence-electron chi connectivity index (χ0n) is 11.3. The summed E-state index contributed by atoms with van der Waals surface area (Å²) in [5, 5.41) is 0. The molecule has 0 amide bonds. The number of nitrogens with two attached hydrogens (primary N) is 1. The van der Waals surface area contributed by atoms with Crippen LogP contribution < -0.4 is 10.5 Å². The molecule has 0 aromatic heterocycles. The Kier molecular flexibility index (Phi) is 4.67. The first-order valence-corrected chi connectivity index (χ1v) is 8.87. The summed E-state index contributed by atoms with van der Waals surface area (Å²) in [6, 6.07) is 0.100. The molecule has 0 aliphatic heterocycles. The molecule has 0 radical (unpaired) electrons. The number of fused-ring (bicyclic) bond motifs is 2. The molecule has 3 N–H and O–H groups in total. The molecule has 2 saturated carbocycles. The van der Waals surface area contributed by atoms with Gasteiger partial charge in [-0.2, -0.15) is 0 Å². The first-order valence-electron chi connectivity index (χ1n) is 7.22. The van der Waals surface area contributed by atoms with Crippen molar-refractivity contribution in [1.29, 1.82) is 0 Å². The normalized spacial score (nSPS) is 32.9. The summed E-state index contributed by atoms with van der Waals surface area (Å²) in [5.41, 5.74) is 5.38. The molecule has 0 aromatic carbocycles. The summed E-state index contributed by atoms with van der Waals surface area (Å²) < 4.78 is 26.7. The molecular weight excluding hydrogens is 248 g/mol. The summed E-state index contributed by atoms with van der Waals surface area (Å²) in [6.45, 7) is 2.60. The molecule has 2 aliphatic carbocycles. The van der Waals surface area contributed by atoms with E-state index in [9.17, 15) is 8.42 Å². The minimum Gasteiger partial charge on any atom is -0.330 e. The van der Waals surface area contributed by atoms with E-state index in [2.05, 4.69) is 4.72 Å². The molecule has 0 aromatic rings. The number of hydrogen-bond donors (Lipinski definition) is 2. The minimum atomic E-state index is -3.11. The molecule has 5 heteroatoms. The second kappa shape index (κ2) is 5.88. The quantitative estimate of drug-likeness (QED) is 0.691.